The van der Waals surface area contributed by atoms with Crippen LogP contribution in [0.1, 0.15) is 17.4 Å². The molecule has 7 heteroatoms. The van der Waals surface area contributed by atoms with E-state index in [9.17, 15) is 8.42 Å². The molecule has 2 heterocycles. The number of nitrogens with zero attached hydrogens (tertiary/aromatic N) is 2. The standard InChI is InChI=1S/C20H26N2O3S2/c1-3-25-19-16-20(26-17(19)2)27(23,24)22-14-12-21(13-15-22)11-7-10-18-8-5-4-6-9-18/h4-10,16H,3,11-15H2,1-2H3. The Kier molecular flexibility index (Phi) is 6.70. The van der Waals surface area contributed by atoms with E-state index in [-0.39, 0.29) is 0 Å². The maximum atomic E-state index is 12.9. The Morgan fingerprint density at radius 2 is 1.85 bits per heavy atom. The minimum Gasteiger partial charge on any atom is -0.493 e. The lowest BCUT2D eigenvalue weighted by atomic mass is 10.2. The molecule has 5 nitrogen and oxygen atoms in total. The third kappa shape index (κ3) is 4.99. The first kappa shape index (κ1) is 20.1. The number of thiophene rings is 1. The van der Waals surface area contributed by atoms with Gasteiger partial charge in [0.15, 0.2) is 0 Å². The highest BCUT2D eigenvalue weighted by Gasteiger charge is 2.30. The van der Waals surface area contributed by atoms with Gasteiger partial charge in [-0.25, -0.2) is 8.42 Å². The lowest BCUT2D eigenvalue weighted by Gasteiger charge is -2.33. The maximum Gasteiger partial charge on any atom is 0.252 e. The Hall–Kier alpha value is -1.67. The van der Waals surface area contributed by atoms with Crippen LogP contribution in [0.5, 0.6) is 5.75 Å². The quantitative estimate of drug-likeness (QED) is 0.706. The smallest absolute Gasteiger partial charge is 0.252 e. The molecule has 0 N–H and O–H groups in total. The zero-order valence-electron chi connectivity index (χ0n) is 15.8. The second-order valence-corrected chi connectivity index (χ2v) is 9.86. The molecule has 0 atom stereocenters. The highest BCUT2D eigenvalue weighted by Crippen LogP contribution is 2.33. The predicted octanol–water partition coefficient (Wildman–Crippen LogP) is 3.47. The minimum atomic E-state index is -3.44. The Labute approximate surface area is 165 Å². The molecule has 1 fully saturated rings. The van der Waals surface area contributed by atoms with Gasteiger partial charge in [-0.05, 0) is 19.4 Å². The molecule has 0 amide bonds. The van der Waals surface area contributed by atoms with Gasteiger partial charge in [-0.1, -0.05) is 42.5 Å². The summed E-state index contributed by atoms with van der Waals surface area (Å²) in [5.41, 5.74) is 1.18. The summed E-state index contributed by atoms with van der Waals surface area (Å²) in [6.07, 6.45) is 4.24. The van der Waals surface area contributed by atoms with Crippen LogP contribution in [0, 0.1) is 6.92 Å². The number of rotatable bonds is 7. The molecule has 0 unspecified atom stereocenters. The lowest BCUT2D eigenvalue weighted by Crippen LogP contribution is -2.48. The van der Waals surface area contributed by atoms with Gasteiger partial charge in [0.2, 0.25) is 0 Å². The van der Waals surface area contributed by atoms with Crippen LogP contribution < -0.4 is 4.74 Å². The van der Waals surface area contributed by atoms with E-state index in [1.165, 1.54) is 16.9 Å². The number of hydrogen-bond donors (Lipinski definition) is 0. The summed E-state index contributed by atoms with van der Waals surface area (Å²) in [6.45, 7) is 7.66. The number of hydrogen-bond acceptors (Lipinski definition) is 5. The molecule has 0 aliphatic carbocycles. The van der Waals surface area contributed by atoms with Crippen molar-refractivity contribution >= 4 is 27.4 Å². The van der Waals surface area contributed by atoms with Gasteiger partial charge in [-0.2, -0.15) is 4.31 Å². The Morgan fingerprint density at radius 3 is 2.52 bits per heavy atom. The van der Waals surface area contributed by atoms with Gasteiger partial charge < -0.3 is 4.74 Å². The molecule has 27 heavy (non-hydrogen) atoms. The number of piperazine rings is 1. The predicted molar refractivity (Wildman–Crippen MR) is 111 cm³/mol. The van der Waals surface area contributed by atoms with Crippen molar-refractivity contribution in [2.45, 2.75) is 18.1 Å². The van der Waals surface area contributed by atoms with E-state index in [0.717, 1.165) is 24.5 Å². The summed E-state index contributed by atoms with van der Waals surface area (Å²) in [5.74, 6) is 0.672. The molecule has 0 spiro atoms. The van der Waals surface area contributed by atoms with Crippen LogP contribution in [0.2, 0.25) is 0 Å². The van der Waals surface area contributed by atoms with Crippen molar-refractivity contribution in [2.75, 3.05) is 39.3 Å². The number of ether oxygens (including phenoxy) is 1. The fraction of sp³-hybridized carbons (Fsp3) is 0.400. The number of sulfonamides is 1. The Bertz CT molecular complexity index is 868. The third-order valence-corrected chi connectivity index (χ3v) is 7.93. The van der Waals surface area contributed by atoms with E-state index < -0.39 is 10.0 Å². The van der Waals surface area contributed by atoms with E-state index in [1.807, 2.05) is 32.0 Å². The monoisotopic (exact) mass is 406 g/mol. The first-order chi connectivity index (χ1) is 13.0. The zero-order chi connectivity index (χ0) is 19.3. The fourth-order valence-electron chi connectivity index (χ4n) is 3.05. The van der Waals surface area contributed by atoms with Crippen molar-refractivity contribution in [3.8, 4) is 5.75 Å². The van der Waals surface area contributed by atoms with Gasteiger partial charge in [0, 0.05) is 43.7 Å². The zero-order valence-corrected chi connectivity index (χ0v) is 17.4. The fourth-order valence-corrected chi connectivity index (χ4v) is 6.00. The van der Waals surface area contributed by atoms with Gasteiger partial charge in [0.25, 0.3) is 10.0 Å². The second kappa shape index (κ2) is 9.01. The van der Waals surface area contributed by atoms with Crippen LogP contribution in [0.3, 0.4) is 0 Å². The lowest BCUT2D eigenvalue weighted by molar-refractivity contribution is 0.205. The van der Waals surface area contributed by atoms with Gasteiger partial charge in [-0.15, -0.1) is 11.3 Å². The van der Waals surface area contributed by atoms with Crippen LogP contribution in [0.4, 0.5) is 0 Å². The van der Waals surface area contributed by atoms with Crippen molar-refractivity contribution in [2.24, 2.45) is 0 Å². The van der Waals surface area contributed by atoms with E-state index in [0.29, 0.717) is 29.7 Å². The van der Waals surface area contributed by atoms with Crippen LogP contribution in [-0.2, 0) is 10.0 Å². The average Bonchev–Trinajstić information content (AvgIpc) is 3.05. The number of benzene rings is 1. The highest BCUT2D eigenvalue weighted by molar-refractivity contribution is 7.91. The summed E-state index contributed by atoms with van der Waals surface area (Å²) in [7, 11) is -3.44. The SMILES string of the molecule is CCOc1cc(S(=O)(=O)N2CCN(CC=Cc3ccccc3)CC2)sc1C. The normalized spacial score (nSPS) is 16.8. The van der Waals surface area contributed by atoms with Gasteiger partial charge in [0.1, 0.15) is 9.96 Å². The maximum absolute atomic E-state index is 12.9. The van der Waals surface area contributed by atoms with Crippen LogP contribution in [0.15, 0.2) is 46.7 Å². The van der Waals surface area contributed by atoms with Crippen LogP contribution in [0.25, 0.3) is 6.08 Å². The summed E-state index contributed by atoms with van der Waals surface area (Å²) in [6, 6.07) is 11.8. The molecule has 1 saturated heterocycles. The molecule has 1 aliphatic rings. The molecule has 146 valence electrons. The first-order valence-corrected chi connectivity index (χ1v) is 11.4. The molecule has 0 bridgehead atoms. The third-order valence-electron chi connectivity index (χ3n) is 4.55. The molecule has 2 aromatic rings. The largest absolute Gasteiger partial charge is 0.493 e. The van der Waals surface area contributed by atoms with Gasteiger partial charge in [0.05, 0.1) is 6.61 Å². The summed E-state index contributed by atoms with van der Waals surface area (Å²) in [4.78, 5) is 3.18. The molecule has 0 saturated carbocycles. The molecule has 0 radical (unpaired) electrons. The topological polar surface area (TPSA) is 49.9 Å². The Balaban J connectivity index is 1.56. The molecule has 1 aromatic heterocycles. The summed E-state index contributed by atoms with van der Waals surface area (Å²) >= 11 is 1.29. The average molecular weight is 407 g/mol. The molecule has 1 aliphatic heterocycles. The molecule has 3 rings (SSSR count). The van der Waals surface area contributed by atoms with E-state index in [2.05, 4.69) is 29.2 Å². The van der Waals surface area contributed by atoms with E-state index in [4.69, 9.17) is 4.74 Å². The summed E-state index contributed by atoms with van der Waals surface area (Å²) in [5, 5.41) is 0. The van der Waals surface area contributed by atoms with Crippen LogP contribution in [-0.4, -0.2) is 57.0 Å². The first-order valence-electron chi connectivity index (χ1n) is 9.18. The minimum absolute atomic E-state index is 0.376. The van der Waals surface area contributed by atoms with Gasteiger partial charge in [-0.3, -0.25) is 4.90 Å². The summed E-state index contributed by atoms with van der Waals surface area (Å²) < 4.78 is 33.3. The van der Waals surface area contributed by atoms with Crippen molar-refractivity contribution in [3.05, 3.63) is 52.9 Å². The van der Waals surface area contributed by atoms with Crippen molar-refractivity contribution < 1.29 is 13.2 Å². The second-order valence-electron chi connectivity index (χ2n) is 6.44. The molecular weight excluding hydrogens is 380 g/mol. The van der Waals surface area contributed by atoms with Crippen molar-refractivity contribution in [3.63, 3.8) is 0 Å². The van der Waals surface area contributed by atoms with Crippen LogP contribution >= 0.6 is 11.3 Å². The van der Waals surface area contributed by atoms with Gasteiger partial charge >= 0.3 is 0 Å². The van der Waals surface area contributed by atoms with Crippen molar-refractivity contribution in [1.29, 1.82) is 0 Å². The highest BCUT2D eigenvalue weighted by atomic mass is 32.2. The van der Waals surface area contributed by atoms with E-state index in [1.54, 1.807) is 10.4 Å². The Morgan fingerprint density at radius 1 is 1.15 bits per heavy atom. The molecule has 1 aromatic carbocycles. The number of aryl methyl sites for hydroxylation is 1. The molecular formula is C20H26N2O3S2. The van der Waals surface area contributed by atoms with E-state index >= 15 is 0 Å². The van der Waals surface area contributed by atoms with Crippen molar-refractivity contribution in [1.82, 2.24) is 9.21 Å².